The number of amides is 3. The number of alkyl carbamates (subject to hydrolysis) is 1. The fraction of sp³-hybridized carbons (Fsp3) is 0.567. The van der Waals surface area contributed by atoms with Crippen molar-refractivity contribution in [1.29, 1.82) is 0 Å². The molecule has 3 amide bonds. The molecule has 43 heavy (non-hydrogen) atoms. The Bertz CT molecular complexity index is 1380. The van der Waals surface area contributed by atoms with Gasteiger partial charge in [-0.05, 0) is 43.4 Å². The van der Waals surface area contributed by atoms with Gasteiger partial charge in [0.2, 0.25) is 11.8 Å². The quantitative estimate of drug-likeness (QED) is 0.369. The molecule has 13 heteroatoms. The van der Waals surface area contributed by atoms with E-state index >= 15 is 0 Å². The number of rotatable bonds is 9. The fourth-order valence-electron chi connectivity index (χ4n) is 5.29. The van der Waals surface area contributed by atoms with Crippen LogP contribution in [0.4, 0.5) is 4.79 Å². The molecule has 1 aliphatic carbocycles. The molecule has 13 nitrogen and oxygen atoms in total. The smallest absolute Gasteiger partial charge is 0.408 e. The van der Waals surface area contributed by atoms with Gasteiger partial charge in [-0.15, -0.1) is 16.8 Å². The number of ether oxygens (including phenoxy) is 1. The first kappa shape index (κ1) is 31.6. The fourth-order valence-corrected chi connectivity index (χ4v) is 5.29. The van der Waals surface area contributed by atoms with Crippen LogP contribution in [0.2, 0.25) is 0 Å². The van der Waals surface area contributed by atoms with Crippen LogP contribution in [-0.2, 0) is 25.5 Å². The van der Waals surface area contributed by atoms with Crippen molar-refractivity contribution in [1.82, 2.24) is 35.7 Å². The Kier molecular flexibility index (Phi) is 8.66. The minimum absolute atomic E-state index is 0.0472. The molecular formula is C30H41N7O6. The van der Waals surface area contributed by atoms with Gasteiger partial charge >= 0.3 is 12.1 Å². The molecule has 0 radical (unpaired) electrons. The predicted molar refractivity (Wildman–Crippen MR) is 156 cm³/mol. The maximum absolute atomic E-state index is 14.1. The van der Waals surface area contributed by atoms with Crippen molar-refractivity contribution >= 4 is 23.9 Å². The third kappa shape index (κ3) is 7.20. The molecule has 5 atom stereocenters. The summed E-state index contributed by atoms with van der Waals surface area (Å²) in [6, 6.07) is 7.04. The molecule has 3 N–H and O–H groups in total. The number of tetrazole rings is 1. The Morgan fingerprint density at radius 2 is 1.84 bits per heavy atom. The van der Waals surface area contributed by atoms with E-state index in [2.05, 4.69) is 32.6 Å². The molecule has 1 aromatic heterocycles. The number of carbonyl (C=O) groups excluding carboxylic acids is 3. The molecule has 1 saturated carbocycles. The standard InChI is InChI=1S/C30H41N7O6/c1-8-19-16-30(19,26(40)41)32-24(38)21-15-20(37-34-22(33-35-37)14-18-12-10-9-11-13-18)17-36(21)25(39)23(28(2,3)4)31-27(42)43-29(5,6)7/h8-13,19-21,23H,1,14-17H2,2-7H3,(H,31,42)(H,32,38)(H,40,41). The molecule has 1 aliphatic heterocycles. The summed E-state index contributed by atoms with van der Waals surface area (Å²) in [5.74, 6) is -2.24. The second kappa shape index (κ2) is 11.8. The summed E-state index contributed by atoms with van der Waals surface area (Å²) in [5.41, 5.74) is -2.01. The van der Waals surface area contributed by atoms with E-state index in [-0.39, 0.29) is 19.4 Å². The second-order valence-corrected chi connectivity index (χ2v) is 13.3. The zero-order valence-electron chi connectivity index (χ0n) is 25.5. The number of carboxylic acids is 1. The van der Waals surface area contributed by atoms with Crippen LogP contribution in [0.3, 0.4) is 0 Å². The summed E-state index contributed by atoms with van der Waals surface area (Å²) >= 11 is 0. The van der Waals surface area contributed by atoms with Crippen LogP contribution in [0.5, 0.6) is 0 Å². The van der Waals surface area contributed by atoms with Crippen molar-refractivity contribution in [3.05, 3.63) is 54.4 Å². The first-order valence-corrected chi connectivity index (χ1v) is 14.3. The van der Waals surface area contributed by atoms with Gasteiger partial charge in [0.05, 0.1) is 6.04 Å². The van der Waals surface area contributed by atoms with Gasteiger partial charge < -0.3 is 25.4 Å². The van der Waals surface area contributed by atoms with Crippen LogP contribution in [0.25, 0.3) is 0 Å². The van der Waals surface area contributed by atoms with E-state index in [1.807, 2.05) is 30.3 Å². The lowest BCUT2D eigenvalue weighted by Crippen LogP contribution is -2.59. The highest BCUT2D eigenvalue weighted by Crippen LogP contribution is 2.45. The number of carbonyl (C=O) groups is 4. The highest BCUT2D eigenvalue weighted by Gasteiger charge is 2.61. The number of nitrogens with one attached hydrogen (secondary N) is 2. The Balaban J connectivity index is 1.61. The molecule has 2 aromatic rings. The van der Waals surface area contributed by atoms with E-state index in [4.69, 9.17) is 4.74 Å². The summed E-state index contributed by atoms with van der Waals surface area (Å²) in [4.78, 5) is 55.5. The summed E-state index contributed by atoms with van der Waals surface area (Å²) in [5, 5.41) is 28.1. The highest BCUT2D eigenvalue weighted by atomic mass is 16.6. The largest absolute Gasteiger partial charge is 0.479 e. The van der Waals surface area contributed by atoms with Crippen LogP contribution in [0, 0.1) is 11.3 Å². The minimum Gasteiger partial charge on any atom is -0.479 e. The van der Waals surface area contributed by atoms with Crippen LogP contribution >= 0.6 is 0 Å². The van der Waals surface area contributed by atoms with Gasteiger partial charge in [0.1, 0.15) is 23.2 Å². The molecule has 2 heterocycles. The average molecular weight is 596 g/mol. The first-order chi connectivity index (χ1) is 20.0. The Hall–Kier alpha value is -4.29. The lowest BCUT2D eigenvalue weighted by molar-refractivity contribution is -0.146. The van der Waals surface area contributed by atoms with E-state index in [0.29, 0.717) is 12.2 Å². The molecule has 0 bridgehead atoms. The predicted octanol–water partition coefficient (Wildman–Crippen LogP) is 2.49. The molecule has 232 valence electrons. The van der Waals surface area contributed by atoms with E-state index in [1.54, 1.807) is 41.5 Å². The number of hydrogen-bond acceptors (Lipinski definition) is 8. The highest BCUT2D eigenvalue weighted by molar-refractivity contribution is 5.96. The van der Waals surface area contributed by atoms with E-state index < -0.39 is 64.5 Å². The van der Waals surface area contributed by atoms with Crippen LogP contribution in [-0.4, -0.2) is 83.9 Å². The maximum Gasteiger partial charge on any atom is 0.408 e. The van der Waals surface area contributed by atoms with Crippen molar-refractivity contribution in [2.45, 2.75) is 90.1 Å². The summed E-state index contributed by atoms with van der Waals surface area (Å²) in [6.45, 7) is 14.3. The molecule has 1 aromatic carbocycles. The zero-order chi connectivity index (χ0) is 31.7. The number of hydrogen-bond donors (Lipinski definition) is 3. The van der Waals surface area contributed by atoms with Gasteiger partial charge in [-0.25, -0.2) is 9.59 Å². The van der Waals surface area contributed by atoms with Crippen LogP contribution in [0.1, 0.15) is 71.8 Å². The van der Waals surface area contributed by atoms with Crippen LogP contribution < -0.4 is 10.6 Å². The van der Waals surface area contributed by atoms with Gasteiger partial charge in [-0.3, -0.25) is 9.59 Å². The van der Waals surface area contributed by atoms with Crippen molar-refractivity contribution in [2.24, 2.45) is 11.3 Å². The van der Waals surface area contributed by atoms with Crippen molar-refractivity contribution in [3.63, 3.8) is 0 Å². The number of aromatic nitrogens is 4. The Morgan fingerprint density at radius 3 is 2.40 bits per heavy atom. The average Bonchev–Trinajstić information content (AvgIpc) is 3.21. The van der Waals surface area contributed by atoms with Crippen LogP contribution in [0.15, 0.2) is 43.0 Å². The van der Waals surface area contributed by atoms with Gasteiger partial charge in [-0.2, -0.15) is 4.80 Å². The molecule has 5 unspecified atom stereocenters. The van der Waals surface area contributed by atoms with E-state index in [0.717, 1.165) is 5.56 Å². The molecule has 1 saturated heterocycles. The Morgan fingerprint density at radius 1 is 1.16 bits per heavy atom. The number of carboxylic acid groups (broad SMARTS) is 1. The normalized spacial score (nSPS) is 24.1. The SMILES string of the molecule is C=CC1CC1(NC(=O)C1CC(n2nnc(Cc3ccccc3)n2)CN1C(=O)C(NC(=O)OC(C)(C)C)C(C)(C)C)C(=O)O. The van der Waals surface area contributed by atoms with Gasteiger partial charge in [0.25, 0.3) is 0 Å². The lowest BCUT2D eigenvalue weighted by Gasteiger charge is -2.36. The third-order valence-corrected chi connectivity index (χ3v) is 7.67. The molecule has 2 fully saturated rings. The second-order valence-electron chi connectivity index (χ2n) is 13.3. The lowest BCUT2D eigenvalue weighted by atomic mass is 9.85. The van der Waals surface area contributed by atoms with E-state index in [9.17, 15) is 24.3 Å². The molecular weight excluding hydrogens is 554 g/mol. The topological polar surface area (TPSA) is 169 Å². The number of benzene rings is 1. The minimum atomic E-state index is -1.47. The number of aliphatic carboxylic acids is 1. The number of likely N-dealkylation sites (tertiary alicyclic amines) is 1. The third-order valence-electron chi connectivity index (χ3n) is 7.67. The monoisotopic (exact) mass is 595 g/mol. The first-order valence-electron chi connectivity index (χ1n) is 14.3. The number of nitrogens with zero attached hydrogens (tertiary/aromatic N) is 5. The molecule has 0 spiro atoms. The van der Waals surface area contributed by atoms with Crippen molar-refractivity contribution in [2.75, 3.05) is 6.54 Å². The van der Waals surface area contributed by atoms with Gasteiger partial charge in [-0.1, -0.05) is 57.2 Å². The van der Waals surface area contributed by atoms with E-state index in [1.165, 1.54) is 15.8 Å². The summed E-state index contributed by atoms with van der Waals surface area (Å²) < 4.78 is 5.41. The maximum atomic E-state index is 14.1. The van der Waals surface area contributed by atoms with Gasteiger partial charge in [0.15, 0.2) is 5.82 Å². The van der Waals surface area contributed by atoms with Crippen molar-refractivity contribution in [3.8, 4) is 0 Å². The zero-order valence-corrected chi connectivity index (χ0v) is 25.5. The van der Waals surface area contributed by atoms with Crippen molar-refractivity contribution < 1.29 is 29.0 Å². The summed E-state index contributed by atoms with van der Waals surface area (Å²) in [7, 11) is 0. The summed E-state index contributed by atoms with van der Waals surface area (Å²) in [6.07, 6.45) is 1.52. The molecule has 2 aliphatic rings. The Labute approximate surface area is 251 Å². The molecule has 4 rings (SSSR count). The van der Waals surface area contributed by atoms with Gasteiger partial charge in [0, 0.05) is 25.3 Å².